The standard InChI is InChI=1S/C7H10O6/c1-7(11)3(8)5(9)13-4(7)6(10)12-2/h3-4,8,11H,1-2H3/t3-,4-,7+/m0/s1. The normalized spacial score (nSPS) is 38.6. The monoisotopic (exact) mass is 190 g/mol. The molecule has 6 nitrogen and oxygen atoms in total. The van der Waals surface area contributed by atoms with Gasteiger partial charge in [0.25, 0.3) is 0 Å². The molecule has 0 aromatic carbocycles. The third-order valence-corrected chi connectivity index (χ3v) is 1.96. The van der Waals surface area contributed by atoms with E-state index in [0.29, 0.717) is 0 Å². The maximum absolute atomic E-state index is 11.0. The van der Waals surface area contributed by atoms with Crippen molar-refractivity contribution in [3.8, 4) is 0 Å². The highest BCUT2D eigenvalue weighted by molar-refractivity contribution is 5.88. The van der Waals surface area contributed by atoms with Crippen molar-refractivity contribution < 1.29 is 29.3 Å². The quantitative estimate of drug-likeness (QED) is 0.474. The van der Waals surface area contributed by atoms with Gasteiger partial charge in [0.2, 0.25) is 6.10 Å². The summed E-state index contributed by atoms with van der Waals surface area (Å²) >= 11 is 0. The number of ether oxygens (including phenoxy) is 2. The molecule has 74 valence electrons. The smallest absolute Gasteiger partial charge is 0.350 e. The van der Waals surface area contributed by atoms with Crippen LogP contribution in [0.2, 0.25) is 0 Å². The zero-order valence-electron chi connectivity index (χ0n) is 7.18. The van der Waals surface area contributed by atoms with E-state index < -0.39 is 29.7 Å². The lowest BCUT2D eigenvalue weighted by Gasteiger charge is -2.21. The topological polar surface area (TPSA) is 93.1 Å². The molecule has 0 saturated carbocycles. The number of rotatable bonds is 1. The fourth-order valence-electron chi connectivity index (χ4n) is 1.08. The van der Waals surface area contributed by atoms with Crippen molar-refractivity contribution in [2.75, 3.05) is 7.11 Å². The summed E-state index contributed by atoms with van der Waals surface area (Å²) < 4.78 is 8.71. The molecule has 6 heteroatoms. The molecule has 0 aromatic heterocycles. The van der Waals surface area contributed by atoms with Crippen LogP contribution in [0.3, 0.4) is 0 Å². The Bertz CT molecular complexity index is 245. The predicted octanol–water partition coefficient (Wildman–Crippen LogP) is -1.80. The summed E-state index contributed by atoms with van der Waals surface area (Å²) in [5.74, 6) is -1.92. The molecule has 0 radical (unpaired) electrons. The molecule has 0 spiro atoms. The molecule has 1 heterocycles. The van der Waals surface area contributed by atoms with E-state index in [1.807, 2.05) is 0 Å². The molecular formula is C7H10O6. The van der Waals surface area contributed by atoms with E-state index >= 15 is 0 Å². The number of cyclic esters (lactones) is 1. The second kappa shape index (κ2) is 2.97. The zero-order valence-corrected chi connectivity index (χ0v) is 7.18. The van der Waals surface area contributed by atoms with E-state index in [1.54, 1.807) is 0 Å². The number of aliphatic hydroxyl groups excluding tert-OH is 1. The molecule has 0 bridgehead atoms. The van der Waals surface area contributed by atoms with Crippen LogP contribution in [0.5, 0.6) is 0 Å². The summed E-state index contributed by atoms with van der Waals surface area (Å²) in [6.45, 7) is 1.13. The number of esters is 2. The first-order valence-electron chi connectivity index (χ1n) is 3.60. The average molecular weight is 190 g/mol. The van der Waals surface area contributed by atoms with Gasteiger partial charge in [-0.15, -0.1) is 0 Å². The molecule has 1 fully saturated rings. The summed E-state index contributed by atoms with van der Waals surface area (Å²) in [7, 11) is 1.09. The number of carbonyl (C=O) groups excluding carboxylic acids is 2. The first-order valence-corrected chi connectivity index (χ1v) is 3.60. The van der Waals surface area contributed by atoms with Crippen LogP contribution < -0.4 is 0 Å². The molecule has 0 aromatic rings. The van der Waals surface area contributed by atoms with Gasteiger partial charge in [-0.2, -0.15) is 0 Å². The van der Waals surface area contributed by atoms with Gasteiger partial charge in [0.1, 0.15) is 5.60 Å². The largest absolute Gasteiger partial charge is 0.466 e. The van der Waals surface area contributed by atoms with Gasteiger partial charge in [0.15, 0.2) is 6.10 Å². The lowest BCUT2D eigenvalue weighted by Crippen LogP contribution is -2.48. The van der Waals surface area contributed by atoms with Crippen molar-refractivity contribution >= 4 is 11.9 Å². The molecule has 1 saturated heterocycles. The summed E-state index contributed by atoms with van der Waals surface area (Å²) in [4.78, 5) is 21.7. The average Bonchev–Trinajstić information content (AvgIpc) is 2.28. The van der Waals surface area contributed by atoms with Gasteiger partial charge >= 0.3 is 11.9 Å². The maximum atomic E-state index is 11.0. The molecule has 0 aliphatic carbocycles. The van der Waals surface area contributed by atoms with Crippen LogP contribution in [-0.4, -0.2) is 47.1 Å². The third-order valence-electron chi connectivity index (χ3n) is 1.96. The summed E-state index contributed by atoms with van der Waals surface area (Å²) in [6.07, 6.45) is -3.17. The Balaban J connectivity index is 2.90. The summed E-state index contributed by atoms with van der Waals surface area (Å²) in [5.41, 5.74) is -1.93. The van der Waals surface area contributed by atoms with E-state index in [2.05, 4.69) is 9.47 Å². The second-order valence-corrected chi connectivity index (χ2v) is 2.97. The van der Waals surface area contributed by atoms with Crippen molar-refractivity contribution in [2.24, 2.45) is 0 Å². The maximum Gasteiger partial charge on any atom is 0.350 e. The van der Waals surface area contributed by atoms with Crippen LogP contribution >= 0.6 is 0 Å². The Morgan fingerprint density at radius 2 is 2.23 bits per heavy atom. The van der Waals surface area contributed by atoms with Gasteiger partial charge in [-0.05, 0) is 6.92 Å². The molecule has 0 amide bonds. The van der Waals surface area contributed by atoms with E-state index in [4.69, 9.17) is 5.11 Å². The van der Waals surface area contributed by atoms with Crippen molar-refractivity contribution in [3.63, 3.8) is 0 Å². The fourth-order valence-corrected chi connectivity index (χ4v) is 1.08. The molecule has 0 unspecified atom stereocenters. The van der Waals surface area contributed by atoms with Crippen molar-refractivity contribution in [1.29, 1.82) is 0 Å². The Morgan fingerprint density at radius 1 is 1.69 bits per heavy atom. The first kappa shape index (κ1) is 9.94. The van der Waals surface area contributed by atoms with Gasteiger partial charge in [-0.25, -0.2) is 9.59 Å². The van der Waals surface area contributed by atoms with E-state index in [1.165, 1.54) is 0 Å². The highest BCUT2D eigenvalue weighted by Crippen LogP contribution is 2.27. The van der Waals surface area contributed by atoms with Gasteiger partial charge < -0.3 is 19.7 Å². The number of methoxy groups -OCH3 is 1. The van der Waals surface area contributed by atoms with Crippen LogP contribution in [0.4, 0.5) is 0 Å². The fraction of sp³-hybridized carbons (Fsp3) is 0.714. The Labute approximate surface area is 74.1 Å². The zero-order chi connectivity index (χ0) is 10.2. The van der Waals surface area contributed by atoms with Gasteiger partial charge in [-0.1, -0.05) is 0 Å². The predicted molar refractivity (Wildman–Crippen MR) is 38.5 cm³/mol. The van der Waals surface area contributed by atoms with Crippen molar-refractivity contribution in [3.05, 3.63) is 0 Å². The van der Waals surface area contributed by atoms with Crippen LogP contribution in [-0.2, 0) is 19.1 Å². The van der Waals surface area contributed by atoms with Crippen LogP contribution in [0.15, 0.2) is 0 Å². The minimum atomic E-state index is -1.93. The van der Waals surface area contributed by atoms with Gasteiger partial charge in [-0.3, -0.25) is 0 Å². The van der Waals surface area contributed by atoms with E-state index in [9.17, 15) is 14.7 Å². The lowest BCUT2D eigenvalue weighted by molar-refractivity contribution is -0.166. The number of hydrogen-bond donors (Lipinski definition) is 2. The molecule has 2 N–H and O–H groups in total. The molecule has 3 atom stereocenters. The van der Waals surface area contributed by atoms with Gasteiger partial charge in [0, 0.05) is 0 Å². The van der Waals surface area contributed by atoms with Gasteiger partial charge in [0.05, 0.1) is 7.11 Å². The van der Waals surface area contributed by atoms with E-state index in [-0.39, 0.29) is 0 Å². The molecule has 1 aliphatic rings. The Hall–Kier alpha value is -1.14. The summed E-state index contributed by atoms with van der Waals surface area (Å²) in [5, 5.41) is 18.6. The van der Waals surface area contributed by atoms with Crippen LogP contribution in [0, 0.1) is 0 Å². The summed E-state index contributed by atoms with van der Waals surface area (Å²) in [6, 6.07) is 0. The number of hydrogen-bond acceptors (Lipinski definition) is 6. The molecule has 1 rings (SSSR count). The molecule has 1 aliphatic heterocycles. The highest BCUT2D eigenvalue weighted by Gasteiger charge is 2.56. The Kier molecular flexibility index (Phi) is 2.27. The molecular weight excluding hydrogens is 180 g/mol. The van der Waals surface area contributed by atoms with Crippen molar-refractivity contribution in [2.45, 2.75) is 24.7 Å². The van der Waals surface area contributed by atoms with Crippen molar-refractivity contribution in [1.82, 2.24) is 0 Å². The first-order chi connectivity index (χ1) is 5.91. The van der Waals surface area contributed by atoms with E-state index in [0.717, 1.165) is 14.0 Å². The number of carbonyl (C=O) groups is 2. The minimum absolute atomic E-state index is 0.894. The number of aliphatic hydroxyl groups is 2. The highest BCUT2D eigenvalue weighted by atomic mass is 16.6. The molecule has 13 heavy (non-hydrogen) atoms. The second-order valence-electron chi connectivity index (χ2n) is 2.97. The third kappa shape index (κ3) is 1.38. The van der Waals surface area contributed by atoms with Crippen LogP contribution in [0.25, 0.3) is 0 Å². The minimum Gasteiger partial charge on any atom is -0.466 e. The Morgan fingerprint density at radius 3 is 2.54 bits per heavy atom. The van der Waals surface area contributed by atoms with Crippen LogP contribution in [0.1, 0.15) is 6.92 Å². The lowest BCUT2D eigenvalue weighted by atomic mass is 9.95. The SMILES string of the molecule is COC(=O)[C@@H]1OC(=O)[C@H](O)[C@@]1(C)O.